The van der Waals surface area contributed by atoms with Gasteiger partial charge in [0.05, 0.1) is 34.7 Å². The van der Waals surface area contributed by atoms with Gasteiger partial charge in [-0.2, -0.15) is 5.10 Å². The summed E-state index contributed by atoms with van der Waals surface area (Å²) in [7, 11) is 1.47. The average molecular weight is 645 g/mol. The summed E-state index contributed by atoms with van der Waals surface area (Å²) >= 11 is 0. The molecule has 2 amide bonds. The third-order valence-electron chi connectivity index (χ3n) is 9.22. The molecule has 12 heteroatoms. The summed E-state index contributed by atoms with van der Waals surface area (Å²) in [5.74, 6) is -1.34. The first-order valence-electron chi connectivity index (χ1n) is 15.5. The van der Waals surface area contributed by atoms with Gasteiger partial charge >= 0.3 is 5.97 Å². The predicted octanol–water partition coefficient (Wildman–Crippen LogP) is 4.43. The number of fused-ring (bicyclic) bond motifs is 1. The largest absolute Gasteiger partial charge is 0.507 e. The minimum Gasteiger partial charge on any atom is -0.507 e. The number of ether oxygens (including phenoxy) is 2. The number of anilines is 2. The number of phenols is 1. The van der Waals surface area contributed by atoms with Crippen LogP contribution in [0.15, 0.2) is 40.2 Å². The van der Waals surface area contributed by atoms with Gasteiger partial charge in [0.2, 0.25) is 17.3 Å². The summed E-state index contributed by atoms with van der Waals surface area (Å²) in [5.41, 5.74) is 3.56. The summed E-state index contributed by atoms with van der Waals surface area (Å²) in [4.78, 5) is 53.2. The lowest BCUT2D eigenvalue weighted by atomic mass is 9.79. The number of allylic oxidation sites excluding steroid dienone is 2. The van der Waals surface area contributed by atoms with Crippen LogP contribution < -0.4 is 15.0 Å². The zero-order valence-corrected chi connectivity index (χ0v) is 28.0. The Morgan fingerprint density at radius 3 is 2.38 bits per heavy atom. The van der Waals surface area contributed by atoms with Gasteiger partial charge in [-0.15, -0.1) is 0 Å². The number of carbonyl (C=O) groups is 4. The van der Waals surface area contributed by atoms with E-state index in [1.54, 1.807) is 32.0 Å². The van der Waals surface area contributed by atoms with Crippen molar-refractivity contribution in [3.63, 3.8) is 0 Å². The number of benzene rings is 2. The van der Waals surface area contributed by atoms with Gasteiger partial charge in [0, 0.05) is 43.8 Å². The van der Waals surface area contributed by atoms with Gasteiger partial charge in [-0.1, -0.05) is 0 Å². The van der Waals surface area contributed by atoms with Crippen molar-refractivity contribution < 1.29 is 38.9 Å². The fraction of sp³-hybridized carbons (Fsp3) is 0.400. The number of ketones is 1. The molecule has 1 atom stereocenters. The maximum Gasteiger partial charge on any atom is 0.350 e. The molecule has 47 heavy (non-hydrogen) atoms. The number of aromatic hydroxyl groups is 1. The number of rotatable bonds is 8. The molecular weight excluding hydrogens is 604 g/mol. The van der Waals surface area contributed by atoms with Crippen LogP contribution in [0.2, 0.25) is 0 Å². The van der Waals surface area contributed by atoms with E-state index in [0.717, 1.165) is 21.7 Å². The van der Waals surface area contributed by atoms with Crippen molar-refractivity contribution in [2.75, 3.05) is 37.0 Å². The number of phenolic OH excluding ortho intramolecular Hbond substituents is 1. The van der Waals surface area contributed by atoms with Crippen molar-refractivity contribution in [1.29, 1.82) is 0 Å². The molecule has 3 N–H and O–H groups in total. The van der Waals surface area contributed by atoms with Crippen LogP contribution in [0.25, 0.3) is 5.57 Å². The summed E-state index contributed by atoms with van der Waals surface area (Å²) in [5, 5.41) is 29.3. The molecule has 2 aromatic carbocycles. The number of hydrogen-bond donors (Lipinski definition) is 3. The SMILES string of the molecule is CCN(CCOC(=O)C1(C)CCc2c(C)c(O)c(C)c(C)c2O1)c1ccc(C2=C(O)/C(=C3\C(=O)N(C)N=C3C)C2=O)c(NC(C)=O)c1. The van der Waals surface area contributed by atoms with Crippen LogP contribution in [0.5, 0.6) is 11.5 Å². The lowest BCUT2D eigenvalue weighted by Gasteiger charge is -2.36. The molecule has 2 aliphatic heterocycles. The van der Waals surface area contributed by atoms with E-state index in [4.69, 9.17) is 9.47 Å². The Kier molecular flexibility index (Phi) is 8.65. The number of nitrogens with zero attached hydrogens (tertiary/aromatic N) is 3. The third kappa shape index (κ3) is 5.61. The number of Topliss-reactive ketones (excluding diaryl/α,β-unsaturated/α-hetero) is 1. The summed E-state index contributed by atoms with van der Waals surface area (Å²) in [6.07, 6.45) is 0.964. The van der Waals surface area contributed by atoms with E-state index in [-0.39, 0.29) is 40.7 Å². The minimum atomic E-state index is -1.19. The molecule has 0 fully saturated rings. The average Bonchev–Trinajstić information content (AvgIpc) is 3.27. The van der Waals surface area contributed by atoms with Crippen molar-refractivity contribution in [3.8, 4) is 11.5 Å². The molecule has 0 saturated carbocycles. The van der Waals surface area contributed by atoms with E-state index in [0.29, 0.717) is 59.9 Å². The number of nitrogens with one attached hydrogen (secondary N) is 1. The number of hydrogen-bond acceptors (Lipinski definition) is 10. The molecule has 0 radical (unpaired) electrons. The molecule has 2 aromatic rings. The fourth-order valence-corrected chi connectivity index (χ4v) is 6.31. The van der Waals surface area contributed by atoms with Crippen LogP contribution in [-0.4, -0.2) is 76.8 Å². The highest BCUT2D eigenvalue weighted by atomic mass is 16.6. The number of esters is 1. The highest BCUT2D eigenvalue weighted by Crippen LogP contribution is 2.44. The standard InChI is InChI=1S/C35H40N4O8/c1-9-39(14-15-46-34(45)35(7)13-12-23-19(4)29(41)17(2)18(3)32(23)47-35)22-10-11-24(25(16-22)36-21(6)40)27-30(42)28(31(27)43)26-20(5)37-38(8)33(26)44/h10-11,16,41-42H,9,12-15H2,1-8H3,(H,36,40)/b28-26+. The third-order valence-corrected chi connectivity index (χ3v) is 9.22. The highest BCUT2D eigenvalue weighted by Gasteiger charge is 2.44. The minimum absolute atomic E-state index is 0.00642. The number of aliphatic hydroxyl groups is 1. The van der Waals surface area contributed by atoms with Gasteiger partial charge in [-0.3, -0.25) is 14.4 Å². The zero-order valence-electron chi connectivity index (χ0n) is 28.0. The van der Waals surface area contributed by atoms with Gasteiger partial charge in [0.15, 0.2) is 0 Å². The zero-order chi connectivity index (χ0) is 34.5. The van der Waals surface area contributed by atoms with Gasteiger partial charge in [-0.05, 0) is 82.9 Å². The Morgan fingerprint density at radius 1 is 1.09 bits per heavy atom. The Labute approximate surface area is 273 Å². The normalized spacial score (nSPS) is 20.4. The fourth-order valence-electron chi connectivity index (χ4n) is 6.31. The van der Waals surface area contributed by atoms with Crippen LogP contribution >= 0.6 is 0 Å². The van der Waals surface area contributed by atoms with Gasteiger partial charge < -0.3 is 29.9 Å². The smallest absolute Gasteiger partial charge is 0.350 e. The number of carbonyl (C=O) groups excluding carboxylic acids is 4. The van der Waals surface area contributed by atoms with Crippen molar-refractivity contribution >= 4 is 46.2 Å². The van der Waals surface area contributed by atoms with Crippen molar-refractivity contribution in [2.24, 2.45) is 5.10 Å². The molecule has 0 saturated heterocycles. The summed E-state index contributed by atoms with van der Waals surface area (Å²) in [6, 6.07) is 5.06. The lowest BCUT2D eigenvalue weighted by molar-refractivity contribution is -0.162. The summed E-state index contributed by atoms with van der Waals surface area (Å²) < 4.78 is 12.0. The first-order chi connectivity index (χ1) is 22.1. The second kappa shape index (κ2) is 12.2. The van der Waals surface area contributed by atoms with Crippen LogP contribution in [0.4, 0.5) is 11.4 Å². The number of aliphatic hydroxyl groups excluding tert-OH is 1. The maximum atomic E-state index is 13.3. The quantitative estimate of drug-likeness (QED) is 0.279. The number of likely N-dealkylation sites (N-methyl/N-ethyl adjacent to an activating group) is 2. The van der Waals surface area contributed by atoms with Crippen LogP contribution in [0, 0.1) is 20.8 Å². The molecular formula is C35H40N4O8. The molecule has 248 valence electrons. The van der Waals surface area contributed by atoms with Gasteiger partial charge in [-0.25, -0.2) is 9.80 Å². The highest BCUT2D eigenvalue weighted by molar-refractivity contribution is 6.44. The van der Waals surface area contributed by atoms with Gasteiger partial charge in [0.1, 0.15) is 23.9 Å². The Bertz CT molecular complexity index is 1840. The van der Waals surface area contributed by atoms with Crippen LogP contribution in [0.3, 0.4) is 0 Å². The summed E-state index contributed by atoms with van der Waals surface area (Å²) in [6.45, 7) is 13.0. The molecule has 12 nitrogen and oxygen atoms in total. The maximum absolute atomic E-state index is 13.3. The van der Waals surface area contributed by atoms with Crippen molar-refractivity contribution in [1.82, 2.24) is 5.01 Å². The number of amides is 2. The molecule has 0 spiro atoms. The molecule has 3 aliphatic rings. The van der Waals surface area contributed by atoms with E-state index >= 15 is 0 Å². The van der Waals surface area contributed by atoms with Crippen LogP contribution in [-0.2, 0) is 30.3 Å². The van der Waals surface area contributed by atoms with E-state index in [2.05, 4.69) is 10.4 Å². The molecule has 1 unspecified atom stereocenters. The second-order valence-electron chi connectivity index (χ2n) is 12.3. The molecule has 1 aliphatic carbocycles. The second-order valence-corrected chi connectivity index (χ2v) is 12.3. The Balaban J connectivity index is 1.33. The Hall–Kier alpha value is -5.13. The first-order valence-corrected chi connectivity index (χ1v) is 15.5. The van der Waals surface area contributed by atoms with E-state index in [1.165, 1.54) is 14.0 Å². The molecule has 0 bridgehead atoms. The van der Waals surface area contributed by atoms with E-state index < -0.39 is 23.3 Å². The predicted molar refractivity (Wildman–Crippen MR) is 177 cm³/mol. The van der Waals surface area contributed by atoms with Crippen LogP contribution in [0.1, 0.15) is 61.9 Å². The molecule has 0 aromatic heterocycles. The monoisotopic (exact) mass is 644 g/mol. The first kappa shape index (κ1) is 33.2. The van der Waals surface area contributed by atoms with Crippen molar-refractivity contribution in [3.05, 3.63) is 62.9 Å². The molecule has 5 rings (SSSR count). The van der Waals surface area contributed by atoms with Crippen molar-refractivity contribution in [2.45, 2.75) is 66.9 Å². The van der Waals surface area contributed by atoms with E-state index in [9.17, 15) is 29.4 Å². The van der Waals surface area contributed by atoms with E-state index in [1.807, 2.05) is 32.6 Å². The Morgan fingerprint density at radius 2 is 1.79 bits per heavy atom. The number of hydrazone groups is 1. The molecule has 2 heterocycles. The lowest BCUT2D eigenvalue weighted by Crippen LogP contribution is -2.46. The van der Waals surface area contributed by atoms with Gasteiger partial charge in [0.25, 0.3) is 5.91 Å². The topological polar surface area (TPSA) is 158 Å².